The van der Waals surface area contributed by atoms with Gasteiger partial charge < -0.3 is 14.3 Å². The number of furan rings is 1. The highest BCUT2D eigenvalue weighted by Crippen LogP contribution is 2.20. The maximum Gasteiger partial charge on any atom is 0.287 e. The first kappa shape index (κ1) is 18.4. The van der Waals surface area contributed by atoms with Crippen molar-refractivity contribution in [2.75, 3.05) is 0 Å². The van der Waals surface area contributed by atoms with Crippen LogP contribution in [0.5, 0.6) is 0 Å². The van der Waals surface area contributed by atoms with Gasteiger partial charge >= 0.3 is 0 Å². The summed E-state index contributed by atoms with van der Waals surface area (Å²) in [5.41, 5.74) is 1.58. The Kier molecular flexibility index (Phi) is 5.00. The SMILES string of the molecule is Cc1cccc(C(=O)N=c2sc(C)cn2Cc2ccc(C(=O)NC3CC3)o2)c1. The number of nitrogens with zero attached hydrogens (tertiary/aromatic N) is 2. The first-order chi connectivity index (χ1) is 13.5. The number of aryl methyl sites for hydroxylation is 2. The molecule has 0 spiro atoms. The van der Waals surface area contributed by atoms with Crippen LogP contribution in [-0.4, -0.2) is 22.4 Å². The van der Waals surface area contributed by atoms with E-state index in [2.05, 4.69) is 10.3 Å². The molecule has 1 saturated carbocycles. The van der Waals surface area contributed by atoms with E-state index in [0.717, 1.165) is 23.3 Å². The first-order valence-electron chi connectivity index (χ1n) is 9.20. The van der Waals surface area contributed by atoms with Crippen LogP contribution in [0.1, 0.15) is 50.0 Å². The summed E-state index contributed by atoms with van der Waals surface area (Å²) in [6.45, 7) is 4.31. The lowest BCUT2D eigenvalue weighted by Gasteiger charge is -2.01. The van der Waals surface area contributed by atoms with Crippen molar-refractivity contribution >= 4 is 23.2 Å². The van der Waals surface area contributed by atoms with Gasteiger partial charge in [0.05, 0.1) is 6.54 Å². The lowest BCUT2D eigenvalue weighted by Crippen LogP contribution is -2.24. The molecule has 3 aromatic rings. The summed E-state index contributed by atoms with van der Waals surface area (Å²) in [5, 5.41) is 2.91. The zero-order valence-electron chi connectivity index (χ0n) is 15.8. The number of hydrogen-bond donors (Lipinski definition) is 1. The Morgan fingerprint density at radius 1 is 1.25 bits per heavy atom. The molecule has 2 heterocycles. The van der Waals surface area contributed by atoms with Crippen molar-refractivity contribution in [1.82, 2.24) is 9.88 Å². The minimum Gasteiger partial charge on any atom is -0.454 e. The van der Waals surface area contributed by atoms with Crippen LogP contribution in [0.2, 0.25) is 0 Å². The van der Waals surface area contributed by atoms with Gasteiger partial charge in [-0.25, -0.2) is 0 Å². The topological polar surface area (TPSA) is 76.6 Å². The number of carbonyl (C=O) groups is 2. The van der Waals surface area contributed by atoms with E-state index in [9.17, 15) is 9.59 Å². The second kappa shape index (κ2) is 7.59. The van der Waals surface area contributed by atoms with Crippen LogP contribution < -0.4 is 10.1 Å². The predicted molar refractivity (Wildman–Crippen MR) is 106 cm³/mol. The number of amides is 2. The smallest absolute Gasteiger partial charge is 0.287 e. The Balaban J connectivity index is 1.55. The Hall–Kier alpha value is -2.93. The molecule has 144 valence electrons. The summed E-state index contributed by atoms with van der Waals surface area (Å²) in [5.74, 6) is 0.495. The second-order valence-electron chi connectivity index (χ2n) is 7.05. The average molecular weight is 395 g/mol. The standard InChI is InChI=1S/C21H21N3O3S/c1-13-4-3-5-15(10-13)19(25)23-21-24(11-14(2)28-21)12-17-8-9-18(27-17)20(26)22-16-6-7-16/h3-5,8-11,16H,6-7,12H2,1-2H3,(H,22,26). The molecule has 2 amide bonds. The second-order valence-corrected chi connectivity index (χ2v) is 8.27. The third-order valence-electron chi connectivity index (χ3n) is 4.42. The van der Waals surface area contributed by atoms with E-state index in [-0.39, 0.29) is 17.9 Å². The molecule has 4 rings (SSSR count). The lowest BCUT2D eigenvalue weighted by atomic mass is 10.1. The third-order valence-corrected chi connectivity index (χ3v) is 5.36. The van der Waals surface area contributed by atoms with E-state index in [1.807, 2.05) is 42.8 Å². The van der Waals surface area contributed by atoms with Crippen LogP contribution in [-0.2, 0) is 6.54 Å². The number of hydrogen-bond acceptors (Lipinski definition) is 4. The quantitative estimate of drug-likeness (QED) is 0.719. The van der Waals surface area contributed by atoms with Gasteiger partial charge in [-0.05, 0) is 51.0 Å². The summed E-state index contributed by atoms with van der Waals surface area (Å²) < 4.78 is 7.56. The molecule has 0 radical (unpaired) electrons. The molecule has 7 heteroatoms. The molecular weight excluding hydrogens is 374 g/mol. The Morgan fingerprint density at radius 2 is 2.07 bits per heavy atom. The minimum atomic E-state index is -0.275. The van der Waals surface area contributed by atoms with Crippen molar-refractivity contribution in [3.63, 3.8) is 0 Å². The fraction of sp³-hybridized carbons (Fsp3) is 0.286. The van der Waals surface area contributed by atoms with Crippen molar-refractivity contribution in [3.8, 4) is 0 Å². The van der Waals surface area contributed by atoms with Gasteiger partial charge in [0.1, 0.15) is 5.76 Å². The van der Waals surface area contributed by atoms with E-state index in [0.29, 0.717) is 28.4 Å². The Morgan fingerprint density at radius 3 is 2.82 bits per heavy atom. The maximum absolute atomic E-state index is 12.5. The largest absolute Gasteiger partial charge is 0.454 e. The zero-order valence-corrected chi connectivity index (χ0v) is 16.6. The zero-order chi connectivity index (χ0) is 19.7. The van der Waals surface area contributed by atoms with Gasteiger partial charge in [-0.3, -0.25) is 9.59 Å². The normalized spacial score (nSPS) is 14.3. The number of thiazole rings is 1. The lowest BCUT2D eigenvalue weighted by molar-refractivity contribution is 0.0920. The van der Waals surface area contributed by atoms with Gasteiger partial charge in [0.15, 0.2) is 10.6 Å². The molecule has 0 unspecified atom stereocenters. The summed E-state index contributed by atoms with van der Waals surface area (Å²) >= 11 is 1.45. The van der Waals surface area contributed by atoms with Gasteiger partial charge in [-0.15, -0.1) is 11.3 Å². The number of carbonyl (C=O) groups excluding carboxylic acids is 2. The summed E-state index contributed by atoms with van der Waals surface area (Å²) in [7, 11) is 0. The number of benzene rings is 1. The van der Waals surface area contributed by atoms with Crippen LogP contribution in [0, 0.1) is 13.8 Å². The van der Waals surface area contributed by atoms with Crippen molar-refractivity contribution in [2.45, 2.75) is 39.3 Å². The van der Waals surface area contributed by atoms with E-state index in [1.165, 1.54) is 11.3 Å². The highest BCUT2D eigenvalue weighted by atomic mass is 32.1. The molecule has 1 aliphatic carbocycles. The van der Waals surface area contributed by atoms with Crippen molar-refractivity contribution in [3.05, 3.63) is 74.9 Å². The molecular formula is C21H21N3O3S. The monoisotopic (exact) mass is 395 g/mol. The Labute approximate surface area is 166 Å². The molecule has 0 bridgehead atoms. The predicted octanol–water partition coefficient (Wildman–Crippen LogP) is 3.44. The van der Waals surface area contributed by atoms with Gasteiger partial charge in [-0.1, -0.05) is 17.7 Å². The number of aromatic nitrogens is 1. The molecule has 1 fully saturated rings. The first-order valence-corrected chi connectivity index (χ1v) is 10.0. The fourth-order valence-electron chi connectivity index (χ4n) is 2.87. The molecule has 6 nitrogen and oxygen atoms in total. The molecule has 0 aliphatic heterocycles. The van der Waals surface area contributed by atoms with Crippen molar-refractivity contribution in [1.29, 1.82) is 0 Å². The number of nitrogens with one attached hydrogen (secondary N) is 1. The van der Waals surface area contributed by atoms with Gasteiger partial charge in [-0.2, -0.15) is 4.99 Å². The van der Waals surface area contributed by atoms with E-state index < -0.39 is 0 Å². The van der Waals surface area contributed by atoms with Crippen molar-refractivity contribution in [2.24, 2.45) is 4.99 Å². The third kappa shape index (κ3) is 4.31. The van der Waals surface area contributed by atoms with Crippen LogP contribution >= 0.6 is 11.3 Å². The van der Waals surface area contributed by atoms with Crippen molar-refractivity contribution < 1.29 is 14.0 Å². The van der Waals surface area contributed by atoms with Gasteiger partial charge in [0.25, 0.3) is 11.8 Å². The average Bonchev–Trinajstić information content (AvgIpc) is 3.22. The highest BCUT2D eigenvalue weighted by Gasteiger charge is 2.25. The minimum absolute atomic E-state index is 0.181. The van der Waals surface area contributed by atoms with Gasteiger partial charge in [0, 0.05) is 22.7 Å². The molecule has 0 atom stereocenters. The van der Waals surface area contributed by atoms with E-state index in [4.69, 9.17) is 4.42 Å². The maximum atomic E-state index is 12.5. The molecule has 0 saturated heterocycles. The van der Waals surface area contributed by atoms with E-state index in [1.54, 1.807) is 18.2 Å². The van der Waals surface area contributed by atoms with Crippen LogP contribution in [0.4, 0.5) is 0 Å². The number of rotatable bonds is 5. The molecule has 1 aromatic carbocycles. The molecule has 1 N–H and O–H groups in total. The highest BCUT2D eigenvalue weighted by molar-refractivity contribution is 7.09. The fourth-order valence-corrected chi connectivity index (χ4v) is 3.70. The molecule has 2 aromatic heterocycles. The van der Waals surface area contributed by atoms with Gasteiger partial charge in [0.2, 0.25) is 0 Å². The summed E-state index contributed by atoms with van der Waals surface area (Å²) in [6, 6.07) is 11.1. The molecule has 28 heavy (non-hydrogen) atoms. The summed E-state index contributed by atoms with van der Waals surface area (Å²) in [4.78, 5) is 30.6. The van der Waals surface area contributed by atoms with E-state index >= 15 is 0 Å². The van der Waals surface area contributed by atoms with Crippen LogP contribution in [0.25, 0.3) is 0 Å². The Bertz CT molecular complexity index is 1100. The van der Waals surface area contributed by atoms with Crippen LogP contribution in [0.3, 0.4) is 0 Å². The molecule has 1 aliphatic rings. The van der Waals surface area contributed by atoms with Crippen LogP contribution in [0.15, 0.2) is 52.0 Å². The summed E-state index contributed by atoms with van der Waals surface area (Å²) in [6.07, 6.45) is 3.99.